The summed E-state index contributed by atoms with van der Waals surface area (Å²) in [4.78, 5) is 0. The SMILES string of the molecule is C[C@](N)(CO)c1ccc2cc(Oc3cc(F)cc(F)c3)ccc2c1. The Balaban J connectivity index is 1.93. The van der Waals surface area contributed by atoms with Crippen molar-refractivity contribution < 1.29 is 18.6 Å². The van der Waals surface area contributed by atoms with Crippen molar-refractivity contribution in [3.63, 3.8) is 0 Å². The molecule has 3 N–H and O–H groups in total. The summed E-state index contributed by atoms with van der Waals surface area (Å²) in [6, 6.07) is 14.0. The molecule has 0 fully saturated rings. The lowest BCUT2D eigenvalue weighted by Gasteiger charge is -2.22. The van der Waals surface area contributed by atoms with Crippen molar-refractivity contribution in [2.45, 2.75) is 12.5 Å². The van der Waals surface area contributed by atoms with E-state index < -0.39 is 17.2 Å². The maximum absolute atomic E-state index is 13.2. The molecular weight excluding hydrogens is 312 g/mol. The zero-order chi connectivity index (χ0) is 17.3. The maximum Gasteiger partial charge on any atom is 0.133 e. The Morgan fingerprint density at radius 1 is 0.917 bits per heavy atom. The molecule has 124 valence electrons. The van der Waals surface area contributed by atoms with Gasteiger partial charge in [0.25, 0.3) is 0 Å². The van der Waals surface area contributed by atoms with Crippen LogP contribution in [0.4, 0.5) is 8.78 Å². The predicted molar refractivity (Wildman–Crippen MR) is 89.0 cm³/mol. The zero-order valence-corrected chi connectivity index (χ0v) is 13.1. The van der Waals surface area contributed by atoms with Crippen LogP contribution in [0.3, 0.4) is 0 Å². The minimum absolute atomic E-state index is 0.0956. The molecule has 3 rings (SSSR count). The number of ether oxygens (including phenoxy) is 1. The van der Waals surface area contributed by atoms with Crippen LogP contribution in [0.25, 0.3) is 10.8 Å². The number of hydrogen-bond acceptors (Lipinski definition) is 3. The Bertz CT molecular complexity index is 873. The standard InChI is InChI=1S/C19H17F2NO2/c1-19(22,11-23)14-4-2-13-7-17(5-3-12(13)6-14)24-18-9-15(20)8-16(21)10-18/h2-10,23H,11,22H2,1H3/t19-/m0/s1. The first-order valence-corrected chi connectivity index (χ1v) is 7.45. The molecule has 5 heteroatoms. The van der Waals surface area contributed by atoms with Gasteiger partial charge in [-0.3, -0.25) is 0 Å². The van der Waals surface area contributed by atoms with Gasteiger partial charge in [0, 0.05) is 18.2 Å². The van der Waals surface area contributed by atoms with Crippen LogP contribution in [0.5, 0.6) is 11.5 Å². The van der Waals surface area contributed by atoms with Gasteiger partial charge in [-0.2, -0.15) is 0 Å². The summed E-state index contributed by atoms with van der Waals surface area (Å²) in [6.45, 7) is 1.59. The summed E-state index contributed by atoms with van der Waals surface area (Å²) in [5, 5.41) is 11.2. The molecule has 0 unspecified atom stereocenters. The number of nitrogens with two attached hydrogens (primary N) is 1. The molecule has 0 aromatic heterocycles. The Kier molecular flexibility index (Phi) is 4.22. The second-order valence-electron chi connectivity index (χ2n) is 6.01. The third-order valence-corrected chi connectivity index (χ3v) is 3.87. The van der Waals surface area contributed by atoms with E-state index in [4.69, 9.17) is 10.5 Å². The third kappa shape index (κ3) is 3.37. The molecule has 3 aromatic rings. The number of aliphatic hydroxyl groups excluding tert-OH is 1. The van der Waals surface area contributed by atoms with Gasteiger partial charge in [-0.05, 0) is 41.5 Å². The highest BCUT2D eigenvalue weighted by molar-refractivity contribution is 5.84. The minimum atomic E-state index is -0.817. The van der Waals surface area contributed by atoms with E-state index in [0.29, 0.717) is 5.75 Å². The van der Waals surface area contributed by atoms with Gasteiger partial charge >= 0.3 is 0 Å². The fourth-order valence-electron chi connectivity index (χ4n) is 2.46. The van der Waals surface area contributed by atoms with Gasteiger partial charge in [0.1, 0.15) is 23.1 Å². The zero-order valence-electron chi connectivity index (χ0n) is 13.1. The van der Waals surface area contributed by atoms with Gasteiger partial charge in [0.15, 0.2) is 0 Å². The van der Waals surface area contributed by atoms with E-state index >= 15 is 0 Å². The van der Waals surface area contributed by atoms with E-state index in [1.165, 1.54) is 0 Å². The van der Waals surface area contributed by atoms with Crippen molar-refractivity contribution in [3.8, 4) is 11.5 Å². The molecule has 0 spiro atoms. The van der Waals surface area contributed by atoms with Crippen molar-refractivity contribution >= 4 is 10.8 Å². The van der Waals surface area contributed by atoms with Gasteiger partial charge in [-0.1, -0.05) is 18.2 Å². The van der Waals surface area contributed by atoms with Gasteiger partial charge < -0.3 is 15.6 Å². The lowest BCUT2D eigenvalue weighted by Crippen LogP contribution is -2.36. The third-order valence-electron chi connectivity index (χ3n) is 3.87. The highest BCUT2D eigenvalue weighted by Gasteiger charge is 2.20. The lowest BCUT2D eigenvalue weighted by atomic mass is 9.92. The van der Waals surface area contributed by atoms with Crippen molar-refractivity contribution in [3.05, 3.63) is 71.8 Å². The molecule has 1 atom stereocenters. The van der Waals surface area contributed by atoms with Crippen LogP contribution in [-0.2, 0) is 5.54 Å². The molecule has 24 heavy (non-hydrogen) atoms. The van der Waals surface area contributed by atoms with Gasteiger partial charge in [-0.15, -0.1) is 0 Å². The molecule has 0 aliphatic rings. The number of fused-ring (bicyclic) bond motifs is 1. The van der Waals surface area contributed by atoms with Crippen LogP contribution in [0.2, 0.25) is 0 Å². The monoisotopic (exact) mass is 329 g/mol. The van der Waals surface area contributed by atoms with Crippen LogP contribution in [-0.4, -0.2) is 11.7 Å². The highest BCUT2D eigenvalue weighted by atomic mass is 19.1. The van der Waals surface area contributed by atoms with E-state index in [1.807, 2.05) is 24.3 Å². The molecule has 0 heterocycles. The first-order valence-electron chi connectivity index (χ1n) is 7.45. The van der Waals surface area contributed by atoms with E-state index in [-0.39, 0.29) is 12.4 Å². The number of benzene rings is 3. The maximum atomic E-state index is 13.2. The Labute approximate surface area is 138 Å². The van der Waals surface area contributed by atoms with E-state index in [9.17, 15) is 13.9 Å². The lowest BCUT2D eigenvalue weighted by molar-refractivity contribution is 0.210. The van der Waals surface area contributed by atoms with Gasteiger partial charge in [0.2, 0.25) is 0 Å². The first-order chi connectivity index (χ1) is 11.4. The van der Waals surface area contributed by atoms with E-state index in [2.05, 4.69) is 0 Å². The summed E-state index contributed by atoms with van der Waals surface area (Å²) in [5.41, 5.74) is 6.04. The molecule has 0 aliphatic carbocycles. The topological polar surface area (TPSA) is 55.5 Å². The van der Waals surface area contributed by atoms with E-state index in [1.54, 1.807) is 19.1 Å². The molecule has 0 radical (unpaired) electrons. The molecule has 0 aliphatic heterocycles. The Morgan fingerprint density at radius 3 is 2.21 bits per heavy atom. The average Bonchev–Trinajstić information content (AvgIpc) is 2.53. The van der Waals surface area contributed by atoms with Gasteiger partial charge in [-0.25, -0.2) is 8.78 Å². The highest BCUT2D eigenvalue weighted by Crippen LogP contribution is 2.29. The van der Waals surface area contributed by atoms with Crippen LogP contribution < -0.4 is 10.5 Å². The van der Waals surface area contributed by atoms with E-state index in [0.717, 1.165) is 34.5 Å². The molecule has 0 saturated heterocycles. The van der Waals surface area contributed by atoms with Crippen LogP contribution in [0.1, 0.15) is 12.5 Å². The number of hydrogen-bond donors (Lipinski definition) is 2. The van der Waals surface area contributed by atoms with Crippen molar-refractivity contribution in [2.24, 2.45) is 5.73 Å². The molecule has 3 aromatic carbocycles. The Morgan fingerprint density at radius 2 is 1.54 bits per heavy atom. The van der Waals surface area contributed by atoms with Gasteiger partial charge in [0.05, 0.1) is 12.1 Å². The van der Waals surface area contributed by atoms with Crippen molar-refractivity contribution in [1.82, 2.24) is 0 Å². The van der Waals surface area contributed by atoms with Crippen LogP contribution in [0.15, 0.2) is 54.6 Å². The summed E-state index contributed by atoms with van der Waals surface area (Å²) in [6.07, 6.45) is 0. The van der Waals surface area contributed by atoms with Crippen LogP contribution >= 0.6 is 0 Å². The average molecular weight is 329 g/mol. The first kappa shape index (κ1) is 16.4. The largest absolute Gasteiger partial charge is 0.457 e. The second-order valence-corrected chi connectivity index (χ2v) is 6.01. The van der Waals surface area contributed by atoms with Crippen molar-refractivity contribution in [2.75, 3.05) is 6.61 Å². The Hall–Kier alpha value is -2.50. The fraction of sp³-hybridized carbons (Fsp3) is 0.158. The molecule has 0 bridgehead atoms. The molecule has 0 amide bonds. The minimum Gasteiger partial charge on any atom is -0.457 e. The summed E-state index contributed by atoms with van der Waals surface area (Å²) in [7, 11) is 0. The molecule has 0 saturated carbocycles. The quantitative estimate of drug-likeness (QED) is 0.758. The second kappa shape index (κ2) is 6.19. The normalized spacial score (nSPS) is 13.7. The molecular formula is C19H17F2NO2. The number of halogens is 2. The van der Waals surface area contributed by atoms with Crippen LogP contribution in [0, 0.1) is 11.6 Å². The fourth-order valence-corrected chi connectivity index (χ4v) is 2.46. The summed E-state index contributed by atoms with van der Waals surface area (Å²) < 4.78 is 32.0. The van der Waals surface area contributed by atoms with Crippen molar-refractivity contribution in [1.29, 1.82) is 0 Å². The summed E-state index contributed by atoms with van der Waals surface area (Å²) >= 11 is 0. The predicted octanol–water partition coefficient (Wildman–Crippen LogP) is 4.08. The molecule has 3 nitrogen and oxygen atoms in total. The number of rotatable bonds is 4. The summed E-state index contributed by atoms with van der Waals surface area (Å²) in [5.74, 6) is -0.820. The number of aliphatic hydroxyl groups is 1. The smallest absolute Gasteiger partial charge is 0.133 e.